The Morgan fingerprint density at radius 3 is 2.43 bits per heavy atom. The van der Waals surface area contributed by atoms with Gasteiger partial charge < -0.3 is 9.47 Å². The van der Waals surface area contributed by atoms with Crippen LogP contribution in [-0.2, 0) is 14.3 Å². The van der Waals surface area contributed by atoms with Crippen LogP contribution in [0.5, 0.6) is 0 Å². The monoisotopic (exact) mass is 198 g/mol. The van der Waals surface area contributed by atoms with Crippen LogP contribution in [0.2, 0.25) is 0 Å². The number of carbonyl (C=O) groups excluding carboxylic acids is 1. The zero-order valence-electron chi connectivity index (χ0n) is 9.13. The summed E-state index contributed by atoms with van der Waals surface area (Å²) in [5.74, 6) is -0.393. The molecule has 0 aromatic rings. The number of hydrogen-bond acceptors (Lipinski definition) is 3. The zero-order valence-corrected chi connectivity index (χ0v) is 9.13. The van der Waals surface area contributed by atoms with Crippen LogP contribution in [-0.4, -0.2) is 24.8 Å². The predicted molar refractivity (Wildman–Crippen MR) is 54.0 cm³/mol. The van der Waals surface area contributed by atoms with Crippen molar-refractivity contribution in [1.29, 1.82) is 0 Å². The summed E-state index contributed by atoms with van der Waals surface area (Å²) in [4.78, 5) is 11.4. The predicted octanol–water partition coefficient (Wildman–Crippen LogP) is 2.06. The fraction of sp³-hybridized carbons (Fsp3) is 0.727. The lowest BCUT2D eigenvalue weighted by molar-refractivity contribution is -0.150. The third-order valence-electron chi connectivity index (χ3n) is 2.17. The molecule has 3 heteroatoms. The molecule has 1 fully saturated rings. The molecule has 80 valence electrons. The van der Waals surface area contributed by atoms with Crippen LogP contribution in [0.25, 0.3) is 0 Å². The van der Waals surface area contributed by atoms with Crippen molar-refractivity contribution in [1.82, 2.24) is 0 Å². The van der Waals surface area contributed by atoms with Crippen molar-refractivity contribution in [2.24, 2.45) is 0 Å². The van der Waals surface area contributed by atoms with Gasteiger partial charge in [-0.25, -0.2) is 0 Å². The molecule has 1 aliphatic rings. The van der Waals surface area contributed by atoms with Gasteiger partial charge in [-0.3, -0.25) is 4.79 Å². The highest BCUT2D eigenvalue weighted by atomic mass is 16.7. The molecule has 0 atom stereocenters. The topological polar surface area (TPSA) is 35.5 Å². The maximum absolute atomic E-state index is 11.4. The second kappa shape index (κ2) is 4.71. The zero-order chi connectivity index (χ0) is 10.6. The summed E-state index contributed by atoms with van der Waals surface area (Å²) in [5.41, 5.74) is 1.04. The van der Waals surface area contributed by atoms with Gasteiger partial charge in [0.1, 0.15) is 0 Å². The molecule has 0 aromatic carbocycles. The molecule has 14 heavy (non-hydrogen) atoms. The van der Waals surface area contributed by atoms with Crippen LogP contribution in [0, 0.1) is 0 Å². The van der Waals surface area contributed by atoms with E-state index in [9.17, 15) is 4.79 Å². The average Bonchev–Trinajstić information content (AvgIpc) is 2.49. The second-order valence-electron chi connectivity index (χ2n) is 4.02. The summed E-state index contributed by atoms with van der Waals surface area (Å²) in [6.45, 7) is 6.99. The van der Waals surface area contributed by atoms with E-state index >= 15 is 0 Å². The summed E-state index contributed by atoms with van der Waals surface area (Å²) in [7, 11) is 0. The van der Waals surface area contributed by atoms with E-state index < -0.39 is 5.79 Å². The van der Waals surface area contributed by atoms with Crippen LogP contribution in [0.3, 0.4) is 0 Å². The third-order valence-corrected chi connectivity index (χ3v) is 2.17. The van der Waals surface area contributed by atoms with Gasteiger partial charge in [-0.1, -0.05) is 5.57 Å². The molecule has 0 amide bonds. The lowest BCUT2D eigenvalue weighted by Gasteiger charge is -2.21. The maximum atomic E-state index is 11.4. The van der Waals surface area contributed by atoms with Crippen molar-refractivity contribution < 1.29 is 14.3 Å². The molecule has 0 saturated carbocycles. The van der Waals surface area contributed by atoms with Crippen LogP contribution in [0.1, 0.15) is 33.6 Å². The number of ketones is 1. The normalized spacial score (nSPS) is 19.4. The lowest BCUT2D eigenvalue weighted by Crippen LogP contribution is -2.26. The van der Waals surface area contributed by atoms with E-state index in [0.29, 0.717) is 26.1 Å². The molecule has 0 N–H and O–H groups in total. The minimum atomic E-state index is -0.537. The van der Waals surface area contributed by atoms with Gasteiger partial charge in [0.2, 0.25) is 0 Å². The molecule has 1 aliphatic heterocycles. The molecule has 3 nitrogen and oxygen atoms in total. The van der Waals surface area contributed by atoms with E-state index in [0.717, 1.165) is 5.57 Å². The van der Waals surface area contributed by atoms with Gasteiger partial charge >= 0.3 is 0 Å². The van der Waals surface area contributed by atoms with Crippen molar-refractivity contribution >= 4 is 5.78 Å². The van der Waals surface area contributed by atoms with Crippen molar-refractivity contribution in [3.63, 3.8) is 0 Å². The van der Waals surface area contributed by atoms with E-state index in [4.69, 9.17) is 9.47 Å². The van der Waals surface area contributed by atoms with Gasteiger partial charge in [-0.15, -0.1) is 0 Å². The molecular weight excluding hydrogens is 180 g/mol. The third kappa shape index (κ3) is 3.60. The Morgan fingerprint density at radius 2 is 1.93 bits per heavy atom. The fourth-order valence-corrected chi connectivity index (χ4v) is 1.45. The van der Waals surface area contributed by atoms with Crippen molar-refractivity contribution in [2.75, 3.05) is 13.2 Å². The summed E-state index contributed by atoms with van der Waals surface area (Å²) >= 11 is 0. The second-order valence-corrected chi connectivity index (χ2v) is 4.02. The molecule has 1 rings (SSSR count). The first-order valence-corrected chi connectivity index (χ1v) is 4.97. The maximum Gasteiger partial charge on any atom is 0.166 e. The van der Waals surface area contributed by atoms with Gasteiger partial charge in [-0.2, -0.15) is 0 Å². The molecule has 0 unspecified atom stereocenters. The Labute approximate surface area is 85.1 Å². The first-order valence-electron chi connectivity index (χ1n) is 4.97. The van der Waals surface area contributed by atoms with Gasteiger partial charge in [0.05, 0.1) is 13.2 Å². The SMILES string of the molecule is CC(C)=CC(=O)CCC1(C)OCCO1. The molecule has 0 radical (unpaired) electrons. The standard InChI is InChI=1S/C11H18O3/c1-9(2)8-10(12)4-5-11(3)13-6-7-14-11/h8H,4-7H2,1-3H3. The van der Waals surface area contributed by atoms with Crippen molar-refractivity contribution in [3.8, 4) is 0 Å². The highest BCUT2D eigenvalue weighted by Gasteiger charge is 2.30. The van der Waals surface area contributed by atoms with Gasteiger partial charge in [0.15, 0.2) is 11.6 Å². The highest BCUT2D eigenvalue weighted by Crippen LogP contribution is 2.24. The van der Waals surface area contributed by atoms with Crippen LogP contribution >= 0.6 is 0 Å². The quantitative estimate of drug-likeness (QED) is 0.649. The van der Waals surface area contributed by atoms with E-state index in [1.54, 1.807) is 6.08 Å². The largest absolute Gasteiger partial charge is 0.348 e. The summed E-state index contributed by atoms with van der Waals surface area (Å²) in [6, 6.07) is 0. The van der Waals surface area contributed by atoms with Crippen LogP contribution in [0.4, 0.5) is 0 Å². The highest BCUT2D eigenvalue weighted by molar-refractivity contribution is 5.90. The molecule has 0 spiro atoms. The van der Waals surface area contributed by atoms with E-state index in [-0.39, 0.29) is 5.78 Å². The number of carbonyl (C=O) groups is 1. The summed E-state index contributed by atoms with van der Waals surface area (Å²) in [5, 5.41) is 0. The fourth-order valence-electron chi connectivity index (χ4n) is 1.45. The molecule has 0 bridgehead atoms. The first kappa shape index (κ1) is 11.4. The lowest BCUT2D eigenvalue weighted by atomic mass is 10.1. The minimum absolute atomic E-state index is 0.144. The number of rotatable bonds is 4. The molecule has 0 aliphatic carbocycles. The Bertz CT molecular complexity index is 233. The number of hydrogen-bond donors (Lipinski definition) is 0. The molecular formula is C11H18O3. The van der Waals surface area contributed by atoms with Gasteiger partial charge in [0, 0.05) is 12.8 Å². The average molecular weight is 198 g/mol. The van der Waals surface area contributed by atoms with Crippen LogP contribution in [0.15, 0.2) is 11.6 Å². The first-order chi connectivity index (χ1) is 6.52. The Morgan fingerprint density at radius 1 is 1.36 bits per heavy atom. The Hall–Kier alpha value is -0.670. The van der Waals surface area contributed by atoms with Gasteiger partial charge in [-0.05, 0) is 26.8 Å². The Balaban J connectivity index is 2.33. The van der Waals surface area contributed by atoms with Gasteiger partial charge in [0.25, 0.3) is 0 Å². The molecule has 1 saturated heterocycles. The Kier molecular flexibility index (Phi) is 3.84. The molecule has 1 heterocycles. The number of allylic oxidation sites excluding steroid dienone is 2. The summed E-state index contributed by atoms with van der Waals surface area (Å²) < 4.78 is 10.8. The smallest absolute Gasteiger partial charge is 0.166 e. The van der Waals surface area contributed by atoms with E-state index in [1.807, 2.05) is 20.8 Å². The van der Waals surface area contributed by atoms with Crippen LogP contribution < -0.4 is 0 Å². The van der Waals surface area contributed by atoms with Crippen molar-refractivity contribution in [2.45, 2.75) is 39.4 Å². The minimum Gasteiger partial charge on any atom is -0.348 e. The van der Waals surface area contributed by atoms with Crippen molar-refractivity contribution in [3.05, 3.63) is 11.6 Å². The number of ether oxygens (including phenoxy) is 2. The van der Waals surface area contributed by atoms with E-state index in [2.05, 4.69) is 0 Å². The summed E-state index contributed by atoms with van der Waals surface area (Å²) in [6.07, 6.45) is 2.79. The molecule has 0 aromatic heterocycles. The van der Waals surface area contributed by atoms with E-state index in [1.165, 1.54) is 0 Å².